The van der Waals surface area contributed by atoms with Gasteiger partial charge in [0.15, 0.2) is 0 Å². The summed E-state index contributed by atoms with van der Waals surface area (Å²) in [5, 5.41) is 4.15. The summed E-state index contributed by atoms with van der Waals surface area (Å²) in [6, 6.07) is 21.7. The first kappa shape index (κ1) is 15.5. The molecule has 0 atom stereocenters. The smallest absolute Gasteiger partial charge is 0.323 e. The van der Waals surface area contributed by atoms with E-state index in [1.807, 2.05) is 66.7 Å². The van der Waals surface area contributed by atoms with Crippen LogP contribution in [-0.2, 0) is 6.42 Å². The molecular formula is C20H16ClN3O. The Labute approximate surface area is 149 Å². The summed E-state index contributed by atoms with van der Waals surface area (Å²) in [7, 11) is 0. The highest BCUT2D eigenvalue weighted by Gasteiger charge is 2.09. The van der Waals surface area contributed by atoms with Gasteiger partial charge in [-0.05, 0) is 53.9 Å². The van der Waals surface area contributed by atoms with E-state index in [0.717, 1.165) is 33.5 Å². The Hall–Kier alpha value is -2.98. The first-order valence-electron chi connectivity index (χ1n) is 7.99. The Balaban J connectivity index is 1.79. The Bertz CT molecular complexity index is 1080. The molecule has 0 unspecified atom stereocenters. The van der Waals surface area contributed by atoms with Gasteiger partial charge in [-0.15, -0.1) is 0 Å². The summed E-state index contributed by atoms with van der Waals surface area (Å²) >= 11 is 6.11. The third-order valence-corrected chi connectivity index (χ3v) is 4.31. The molecule has 1 heterocycles. The van der Waals surface area contributed by atoms with Crippen LogP contribution < -0.4 is 11.0 Å². The van der Waals surface area contributed by atoms with E-state index < -0.39 is 0 Å². The monoisotopic (exact) mass is 349 g/mol. The molecule has 124 valence electrons. The van der Waals surface area contributed by atoms with Crippen LogP contribution in [0.4, 0.5) is 11.4 Å². The van der Waals surface area contributed by atoms with E-state index in [9.17, 15) is 4.79 Å². The molecule has 0 aliphatic heterocycles. The average molecular weight is 350 g/mol. The van der Waals surface area contributed by atoms with Gasteiger partial charge in [-0.1, -0.05) is 41.9 Å². The summed E-state index contributed by atoms with van der Waals surface area (Å²) in [5.41, 5.74) is 5.50. The molecule has 3 aromatic carbocycles. The van der Waals surface area contributed by atoms with Gasteiger partial charge in [-0.3, -0.25) is 0 Å². The number of hydrogen-bond acceptors (Lipinski definition) is 2. The lowest BCUT2D eigenvalue weighted by molar-refractivity contribution is 1.19. The van der Waals surface area contributed by atoms with Crippen LogP contribution in [0.5, 0.6) is 0 Å². The fourth-order valence-corrected chi connectivity index (χ4v) is 3.15. The second-order valence-corrected chi connectivity index (χ2v) is 6.37. The van der Waals surface area contributed by atoms with E-state index in [0.29, 0.717) is 11.4 Å². The van der Waals surface area contributed by atoms with E-state index in [2.05, 4.69) is 15.3 Å². The number of aromatic amines is 2. The molecule has 5 heteroatoms. The Morgan fingerprint density at radius 2 is 1.64 bits per heavy atom. The Kier molecular flexibility index (Phi) is 4.04. The molecule has 0 bridgehead atoms. The number of fused-ring (bicyclic) bond motifs is 1. The maximum absolute atomic E-state index is 11.6. The normalized spacial score (nSPS) is 10.9. The molecule has 0 spiro atoms. The molecule has 4 nitrogen and oxygen atoms in total. The fraction of sp³-hybridized carbons (Fsp3) is 0.0500. The standard InChI is InChI=1S/C20H16ClN3O/c21-15-6-4-5-13(10-15)9-14-11-18-19(24-20(25)23-18)12-17(14)22-16-7-2-1-3-8-16/h1-8,10-12,22H,9H2,(H2,23,24,25). The molecule has 0 radical (unpaired) electrons. The topological polar surface area (TPSA) is 60.7 Å². The number of hydrogen-bond donors (Lipinski definition) is 3. The number of halogens is 1. The molecule has 0 aliphatic carbocycles. The van der Waals surface area contributed by atoms with Gasteiger partial charge in [0.2, 0.25) is 0 Å². The van der Waals surface area contributed by atoms with Crippen LogP contribution in [0.25, 0.3) is 11.0 Å². The molecule has 0 fully saturated rings. The van der Waals surface area contributed by atoms with Crippen molar-refractivity contribution in [1.29, 1.82) is 0 Å². The maximum Gasteiger partial charge on any atom is 0.323 e. The first-order valence-corrected chi connectivity index (χ1v) is 8.36. The van der Waals surface area contributed by atoms with E-state index >= 15 is 0 Å². The van der Waals surface area contributed by atoms with Gasteiger partial charge < -0.3 is 15.3 Å². The molecule has 0 saturated heterocycles. The number of imidazole rings is 1. The minimum atomic E-state index is -0.208. The predicted octanol–water partition coefficient (Wildman–Crippen LogP) is 4.84. The summed E-state index contributed by atoms with van der Waals surface area (Å²) in [6.07, 6.45) is 0.707. The maximum atomic E-state index is 11.6. The number of rotatable bonds is 4. The molecule has 4 aromatic rings. The van der Waals surface area contributed by atoms with Crippen molar-refractivity contribution in [3.63, 3.8) is 0 Å². The number of nitrogens with one attached hydrogen (secondary N) is 3. The lowest BCUT2D eigenvalue weighted by Crippen LogP contribution is -1.99. The van der Waals surface area contributed by atoms with Crippen LogP contribution in [0.1, 0.15) is 11.1 Å². The van der Waals surface area contributed by atoms with Crippen molar-refractivity contribution in [3.8, 4) is 0 Å². The Morgan fingerprint density at radius 3 is 2.40 bits per heavy atom. The predicted molar refractivity (Wildman–Crippen MR) is 103 cm³/mol. The summed E-state index contributed by atoms with van der Waals surface area (Å²) in [6.45, 7) is 0. The third-order valence-electron chi connectivity index (χ3n) is 4.08. The third kappa shape index (κ3) is 3.44. The van der Waals surface area contributed by atoms with Crippen molar-refractivity contribution in [2.24, 2.45) is 0 Å². The molecule has 4 rings (SSSR count). The minimum absolute atomic E-state index is 0.208. The SMILES string of the molecule is O=c1[nH]c2cc(Cc3cccc(Cl)c3)c(Nc3ccccc3)cc2[nH]1. The van der Waals surface area contributed by atoms with Gasteiger partial charge in [-0.2, -0.15) is 0 Å². The summed E-state index contributed by atoms with van der Waals surface area (Å²) in [4.78, 5) is 17.3. The van der Waals surface area contributed by atoms with E-state index in [-0.39, 0.29) is 5.69 Å². The van der Waals surface area contributed by atoms with Gasteiger partial charge >= 0.3 is 5.69 Å². The van der Waals surface area contributed by atoms with Crippen molar-refractivity contribution in [1.82, 2.24) is 9.97 Å². The molecule has 25 heavy (non-hydrogen) atoms. The van der Waals surface area contributed by atoms with Crippen LogP contribution in [0.15, 0.2) is 71.5 Å². The number of benzene rings is 3. The number of aromatic nitrogens is 2. The van der Waals surface area contributed by atoms with Gasteiger partial charge in [-0.25, -0.2) is 4.79 Å². The van der Waals surface area contributed by atoms with Gasteiger partial charge in [0.1, 0.15) is 0 Å². The molecule has 0 amide bonds. The molecule has 0 aliphatic rings. The van der Waals surface area contributed by atoms with Crippen LogP contribution in [0, 0.1) is 0 Å². The molecular weight excluding hydrogens is 334 g/mol. The molecule has 3 N–H and O–H groups in total. The highest BCUT2D eigenvalue weighted by Crippen LogP contribution is 2.27. The van der Waals surface area contributed by atoms with Gasteiger partial charge in [0, 0.05) is 16.4 Å². The highest BCUT2D eigenvalue weighted by atomic mass is 35.5. The van der Waals surface area contributed by atoms with Crippen LogP contribution in [0.2, 0.25) is 5.02 Å². The lowest BCUT2D eigenvalue weighted by atomic mass is 10.0. The fourth-order valence-electron chi connectivity index (χ4n) is 2.93. The van der Waals surface area contributed by atoms with Gasteiger partial charge in [0.25, 0.3) is 0 Å². The van der Waals surface area contributed by atoms with Crippen molar-refractivity contribution >= 4 is 34.0 Å². The zero-order valence-corrected chi connectivity index (χ0v) is 14.1. The zero-order chi connectivity index (χ0) is 17.2. The number of para-hydroxylation sites is 1. The average Bonchev–Trinajstić information content (AvgIpc) is 2.95. The van der Waals surface area contributed by atoms with E-state index in [1.54, 1.807) is 0 Å². The lowest BCUT2D eigenvalue weighted by Gasteiger charge is -2.13. The first-order chi connectivity index (χ1) is 12.2. The quantitative estimate of drug-likeness (QED) is 0.493. The van der Waals surface area contributed by atoms with Gasteiger partial charge in [0.05, 0.1) is 11.0 Å². The Morgan fingerprint density at radius 1 is 0.880 bits per heavy atom. The second kappa shape index (κ2) is 6.49. The van der Waals surface area contributed by atoms with Crippen molar-refractivity contribution in [2.45, 2.75) is 6.42 Å². The van der Waals surface area contributed by atoms with E-state index in [4.69, 9.17) is 11.6 Å². The van der Waals surface area contributed by atoms with E-state index in [1.165, 1.54) is 0 Å². The number of H-pyrrole nitrogens is 2. The summed E-state index contributed by atoms with van der Waals surface area (Å²) in [5.74, 6) is 0. The zero-order valence-electron chi connectivity index (χ0n) is 13.3. The van der Waals surface area contributed by atoms with Crippen LogP contribution >= 0.6 is 11.6 Å². The van der Waals surface area contributed by atoms with Crippen LogP contribution in [0.3, 0.4) is 0 Å². The van der Waals surface area contributed by atoms with Crippen molar-refractivity contribution < 1.29 is 0 Å². The summed E-state index contributed by atoms with van der Waals surface area (Å²) < 4.78 is 0. The van der Waals surface area contributed by atoms with Crippen molar-refractivity contribution in [3.05, 3.63) is 93.4 Å². The molecule has 0 saturated carbocycles. The number of anilines is 2. The largest absolute Gasteiger partial charge is 0.355 e. The molecule has 1 aromatic heterocycles. The second-order valence-electron chi connectivity index (χ2n) is 5.93. The minimum Gasteiger partial charge on any atom is -0.355 e. The van der Waals surface area contributed by atoms with Crippen molar-refractivity contribution in [2.75, 3.05) is 5.32 Å². The van der Waals surface area contributed by atoms with Crippen LogP contribution in [-0.4, -0.2) is 9.97 Å². The highest BCUT2D eigenvalue weighted by molar-refractivity contribution is 6.30.